The van der Waals surface area contributed by atoms with Crippen LogP contribution in [0.5, 0.6) is 0 Å². The Hall–Kier alpha value is -1.80. The first kappa shape index (κ1) is 14.6. The molecule has 0 aliphatic rings. The number of ketones is 1. The summed E-state index contributed by atoms with van der Waals surface area (Å²) < 4.78 is 13.7. The summed E-state index contributed by atoms with van der Waals surface area (Å²) in [6, 6.07) is 4.21. The number of nitrogens with zero attached hydrogens (tertiary/aromatic N) is 2. The number of carbonyl (C=O) groups is 2. The second kappa shape index (κ2) is 6.58. The molecular weight excluding hydrogens is 301 g/mol. The fourth-order valence-corrected chi connectivity index (χ4v) is 2.54. The zero-order chi connectivity index (χ0) is 14.5. The summed E-state index contributed by atoms with van der Waals surface area (Å²) in [5.74, 6) is -0.946. The number of anilines is 1. The van der Waals surface area contributed by atoms with Gasteiger partial charge >= 0.3 is 0 Å². The van der Waals surface area contributed by atoms with Gasteiger partial charge in [0.05, 0.1) is 5.75 Å². The third-order valence-corrected chi connectivity index (χ3v) is 3.96. The Morgan fingerprint density at radius 2 is 2.25 bits per heavy atom. The Balaban J connectivity index is 1.93. The zero-order valence-corrected chi connectivity index (χ0v) is 12.1. The van der Waals surface area contributed by atoms with E-state index in [0.29, 0.717) is 15.6 Å². The molecule has 0 atom stereocenters. The molecule has 2 rings (SSSR count). The third kappa shape index (κ3) is 3.84. The molecule has 1 N–H and O–H groups in total. The Morgan fingerprint density at radius 1 is 1.45 bits per heavy atom. The highest BCUT2D eigenvalue weighted by Crippen LogP contribution is 2.23. The van der Waals surface area contributed by atoms with Gasteiger partial charge in [0.15, 0.2) is 5.78 Å². The molecule has 8 heteroatoms. The number of halogens is 1. The number of rotatable bonds is 5. The van der Waals surface area contributed by atoms with Gasteiger partial charge in [-0.1, -0.05) is 17.4 Å². The number of amides is 1. The molecule has 0 bridgehead atoms. The first-order valence-electron chi connectivity index (χ1n) is 5.55. The molecule has 5 nitrogen and oxygen atoms in total. The molecule has 0 saturated carbocycles. The van der Waals surface area contributed by atoms with E-state index in [0.717, 1.165) is 11.8 Å². The average molecular weight is 311 g/mol. The minimum atomic E-state index is -0.508. The maximum Gasteiger partial charge on any atom is 0.236 e. The van der Waals surface area contributed by atoms with Crippen LogP contribution in [0.15, 0.2) is 28.6 Å². The molecule has 104 valence electrons. The third-order valence-electron chi connectivity index (χ3n) is 2.30. The average Bonchev–Trinajstić information content (AvgIpc) is 2.90. The molecule has 0 unspecified atom stereocenters. The van der Waals surface area contributed by atoms with Crippen molar-refractivity contribution in [3.8, 4) is 0 Å². The molecule has 0 fully saturated rings. The molecule has 0 radical (unpaired) electrons. The lowest BCUT2D eigenvalue weighted by Crippen LogP contribution is -2.14. The molecule has 1 amide bonds. The number of nitrogens with one attached hydrogen (secondary N) is 1. The fourth-order valence-electron chi connectivity index (χ4n) is 1.36. The van der Waals surface area contributed by atoms with Crippen LogP contribution in [0.25, 0.3) is 0 Å². The summed E-state index contributed by atoms with van der Waals surface area (Å²) in [5.41, 5.74) is 1.81. The number of aromatic nitrogens is 2. The van der Waals surface area contributed by atoms with Crippen molar-refractivity contribution in [2.24, 2.45) is 0 Å². The van der Waals surface area contributed by atoms with E-state index in [1.54, 1.807) is 0 Å². The molecule has 20 heavy (non-hydrogen) atoms. The van der Waals surface area contributed by atoms with Crippen molar-refractivity contribution >= 4 is 39.9 Å². The zero-order valence-electron chi connectivity index (χ0n) is 10.4. The SMILES string of the molecule is CC(=O)c1ccc(SCC(=O)Nc2nncs2)c(F)c1. The molecular formula is C12H10FN3O2S2. The summed E-state index contributed by atoms with van der Waals surface area (Å²) in [4.78, 5) is 23.0. The molecule has 2 aromatic rings. The number of hydrogen-bond donors (Lipinski definition) is 1. The second-order valence-corrected chi connectivity index (χ2v) is 5.63. The van der Waals surface area contributed by atoms with E-state index in [9.17, 15) is 14.0 Å². The number of Topliss-reactive ketones (excluding diaryl/α,β-unsaturated/α-hetero) is 1. The monoisotopic (exact) mass is 311 g/mol. The second-order valence-electron chi connectivity index (χ2n) is 3.78. The largest absolute Gasteiger partial charge is 0.300 e. The van der Waals surface area contributed by atoms with Crippen LogP contribution < -0.4 is 5.32 Å². The van der Waals surface area contributed by atoms with Crippen molar-refractivity contribution in [3.05, 3.63) is 35.1 Å². The predicted molar refractivity (Wildman–Crippen MR) is 75.7 cm³/mol. The summed E-state index contributed by atoms with van der Waals surface area (Å²) in [6.45, 7) is 1.37. The summed E-state index contributed by atoms with van der Waals surface area (Å²) in [7, 11) is 0. The van der Waals surface area contributed by atoms with Crippen molar-refractivity contribution < 1.29 is 14.0 Å². The molecule has 0 saturated heterocycles. The van der Waals surface area contributed by atoms with Gasteiger partial charge in [0, 0.05) is 10.5 Å². The standard InChI is InChI=1S/C12H10FN3O2S2/c1-7(17)8-2-3-10(9(13)4-8)19-5-11(18)15-12-16-14-6-20-12/h2-4,6H,5H2,1H3,(H,15,16,18). The van der Waals surface area contributed by atoms with E-state index in [1.807, 2.05) is 0 Å². The number of thioether (sulfide) groups is 1. The van der Waals surface area contributed by atoms with E-state index in [4.69, 9.17) is 0 Å². The number of hydrogen-bond acceptors (Lipinski definition) is 6. The van der Waals surface area contributed by atoms with Crippen molar-refractivity contribution in [2.45, 2.75) is 11.8 Å². The van der Waals surface area contributed by atoms with Crippen LogP contribution in [-0.2, 0) is 4.79 Å². The Morgan fingerprint density at radius 3 is 2.85 bits per heavy atom. The van der Waals surface area contributed by atoms with E-state index in [-0.39, 0.29) is 17.4 Å². The van der Waals surface area contributed by atoms with Crippen molar-refractivity contribution in [3.63, 3.8) is 0 Å². The van der Waals surface area contributed by atoms with E-state index in [1.165, 1.54) is 42.0 Å². The van der Waals surface area contributed by atoms with Gasteiger partial charge in [0.2, 0.25) is 11.0 Å². The van der Waals surface area contributed by atoms with Crippen LogP contribution in [0, 0.1) is 5.82 Å². The fraction of sp³-hybridized carbons (Fsp3) is 0.167. The molecule has 0 spiro atoms. The first-order valence-corrected chi connectivity index (χ1v) is 7.42. The maximum absolute atomic E-state index is 13.7. The molecule has 1 aromatic heterocycles. The van der Waals surface area contributed by atoms with Crippen LogP contribution in [-0.4, -0.2) is 27.6 Å². The molecule has 0 aliphatic carbocycles. The van der Waals surface area contributed by atoms with Crippen LogP contribution in [0.2, 0.25) is 0 Å². The Labute approximate surface area is 122 Å². The van der Waals surface area contributed by atoms with Crippen LogP contribution in [0.4, 0.5) is 9.52 Å². The van der Waals surface area contributed by atoms with E-state index < -0.39 is 5.82 Å². The van der Waals surface area contributed by atoms with Gasteiger partial charge in [-0.25, -0.2) is 4.39 Å². The van der Waals surface area contributed by atoms with E-state index >= 15 is 0 Å². The van der Waals surface area contributed by atoms with Crippen molar-refractivity contribution in [1.82, 2.24) is 10.2 Å². The molecule has 1 heterocycles. The Bertz CT molecular complexity index is 632. The van der Waals surface area contributed by atoms with E-state index in [2.05, 4.69) is 15.5 Å². The van der Waals surface area contributed by atoms with Gasteiger partial charge in [-0.3, -0.25) is 14.9 Å². The van der Waals surface area contributed by atoms with Crippen LogP contribution in [0.1, 0.15) is 17.3 Å². The maximum atomic E-state index is 13.7. The van der Waals surface area contributed by atoms with Gasteiger partial charge in [-0.05, 0) is 19.1 Å². The minimum absolute atomic E-state index is 0.0515. The van der Waals surface area contributed by atoms with Crippen molar-refractivity contribution in [2.75, 3.05) is 11.1 Å². The van der Waals surface area contributed by atoms with Crippen LogP contribution in [0.3, 0.4) is 0 Å². The van der Waals surface area contributed by atoms with Crippen molar-refractivity contribution in [1.29, 1.82) is 0 Å². The van der Waals surface area contributed by atoms with Gasteiger partial charge in [-0.2, -0.15) is 0 Å². The molecule has 0 aliphatic heterocycles. The highest BCUT2D eigenvalue weighted by Gasteiger charge is 2.10. The lowest BCUT2D eigenvalue weighted by Gasteiger charge is -2.04. The normalized spacial score (nSPS) is 10.3. The van der Waals surface area contributed by atoms with Gasteiger partial charge in [0.1, 0.15) is 11.3 Å². The minimum Gasteiger partial charge on any atom is -0.300 e. The number of carbonyl (C=O) groups excluding carboxylic acids is 2. The predicted octanol–water partition coefficient (Wildman–Crippen LogP) is 2.61. The summed E-state index contributed by atoms with van der Waals surface area (Å²) in [6.07, 6.45) is 0. The smallest absolute Gasteiger partial charge is 0.236 e. The van der Waals surface area contributed by atoms with Crippen LogP contribution >= 0.6 is 23.1 Å². The van der Waals surface area contributed by atoms with Gasteiger partial charge in [-0.15, -0.1) is 22.0 Å². The number of benzene rings is 1. The topological polar surface area (TPSA) is 72.0 Å². The highest BCUT2D eigenvalue weighted by molar-refractivity contribution is 8.00. The Kier molecular flexibility index (Phi) is 4.80. The van der Waals surface area contributed by atoms with Gasteiger partial charge < -0.3 is 0 Å². The summed E-state index contributed by atoms with van der Waals surface area (Å²) in [5, 5.41) is 10.2. The van der Waals surface area contributed by atoms with Gasteiger partial charge in [0.25, 0.3) is 0 Å². The first-order chi connectivity index (χ1) is 9.56. The lowest BCUT2D eigenvalue weighted by molar-refractivity contribution is -0.113. The lowest BCUT2D eigenvalue weighted by atomic mass is 10.1. The quantitative estimate of drug-likeness (QED) is 0.679. The molecule has 1 aromatic carbocycles. The highest BCUT2D eigenvalue weighted by atomic mass is 32.2. The summed E-state index contributed by atoms with van der Waals surface area (Å²) >= 11 is 2.26.